The normalized spacial score (nSPS) is 13.3. The Hall–Kier alpha value is -1.99. The molecule has 2 unspecified atom stereocenters. The molecule has 5 heteroatoms. The van der Waals surface area contributed by atoms with Crippen LogP contribution in [0.5, 0.6) is 0 Å². The highest BCUT2D eigenvalue weighted by Crippen LogP contribution is 2.26. The van der Waals surface area contributed by atoms with Gasteiger partial charge in [0.1, 0.15) is 6.04 Å². The summed E-state index contributed by atoms with van der Waals surface area (Å²) in [6, 6.07) is 5.87. The third-order valence-electron chi connectivity index (χ3n) is 3.11. The van der Waals surface area contributed by atoms with Gasteiger partial charge in [-0.05, 0) is 23.6 Å². The molecule has 112 valence electrons. The quantitative estimate of drug-likeness (QED) is 0.794. The van der Waals surface area contributed by atoms with E-state index in [9.17, 15) is 9.59 Å². The van der Waals surface area contributed by atoms with Crippen molar-refractivity contribution < 1.29 is 14.7 Å². The molecule has 0 saturated carbocycles. The zero-order valence-corrected chi connectivity index (χ0v) is 12.7. The molecule has 0 aromatic heterocycles. The molecule has 1 aromatic carbocycles. The molecular formula is C16H18ClNO3. The van der Waals surface area contributed by atoms with Gasteiger partial charge < -0.3 is 10.4 Å². The number of carboxylic acids is 1. The Bertz CT molecular complexity index is 546. The van der Waals surface area contributed by atoms with Crippen molar-refractivity contribution in [2.75, 3.05) is 0 Å². The minimum atomic E-state index is -1.14. The number of carbonyl (C=O) groups is 2. The molecule has 0 fully saturated rings. The highest BCUT2D eigenvalue weighted by Gasteiger charge is 2.28. The van der Waals surface area contributed by atoms with Crippen LogP contribution in [0.4, 0.5) is 0 Å². The lowest BCUT2D eigenvalue weighted by molar-refractivity contribution is -0.142. The summed E-state index contributed by atoms with van der Waals surface area (Å²) in [5, 5.41) is 12.1. The van der Waals surface area contributed by atoms with E-state index in [1.54, 1.807) is 24.3 Å². The molecule has 0 aliphatic rings. The summed E-state index contributed by atoms with van der Waals surface area (Å²) in [4.78, 5) is 23.5. The molecule has 4 nitrogen and oxygen atoms in total. The van der Waals surface area contributed by atoms with Crippen molar-refractivity contribution in [2.24, 2.45) is 5.92 Å². The van der Waals surface area contributed by atoms with E-state index in [0.717, 1.165) is 5.56 Å². The van der Waals surface area contributed by atoms with E-state index in [0.29, 0.717) is 5.02 Å². The Morgan fingerprint density at radius 2 is 1.90 bits per heavy atom. The van der Waals surface area contributed by atoms with Crippen LogP contribution in [0, 0.1) is 18.3 Å². The van der Waals surface area contributed by atoms with Gasteiger partial charge in [-0.25, -0.2) is 4.79 Å². The van der Waals surface area contributed by atoms with E-state index in [1.807, 2.05) is 13.8 Å². The monoisotopic (exact) mass is 307 g/mol. The molecule has 0 spiro atoms. The van der Waals surface area contributed by atoms with Gasteiger partial charge in [0.2, 0.25) is 5.91 Å². The third-order valence-corrected chi connectivity index (χ3v) is 3.37. The van der Waals surface area contributed by atoms with E-state index in [-0.39, 0.29) is 18.2 Å². The number of halogens is 1. The van der Waals surface area contributed by atoms with Crippen LogP contribution in [-0.2, 0) is 9.59 Å². The molecule has 0 radical (unpaired) electrons. The minimum absolute atomic E-state index is 0.00598. The molecule has 1 rings (SSSR count). The van der Waals surface area contributed by atoms with Crippen LogP contribution in [0.3, 0.4) is 0 Å². The Morgan fingerprint density at radius 1 is 1.33 bits per heavy atom. The van der Waals surface area contributed by atoms with Gasteiger partial charge in [-0.3, -0.25) is 4.79 Å². The molecule has 21 heavy (non-hydrogen) atoms. The number of rotatable bonds is 6. The number of hydrogen-bond donors (Lipinski definition) is 2. The first kappa shape index (κ1) is 17.1. The minimum Gasteiger partial charge on any atom is -0.480 e. The van der Waals surface area contributed by atoms with E-state index in [2.05, 4.69) is 11.2 Å². The lowest BCUT2D eigenvalue weighted by Gasteiger charge is -2.22. The fraction of sp³-hybridized carbons (Fsp3) is 0.375. The summed E-state index contributed by atoms with van der Waals surface area (Å²) >= 11 is 5.84. The van der Waals surface area contributed by atoms with Crippen molar-refractivity contribution in [1.29, 1.82) is 0 Å². The van der Waals surface area contributed by atoms with Crippen molar-refractivity contribution in [3.05, 3.63) is 34.9 Å². The topological polar surface area (TPSA) is 66.4 Å². The maximum atomic E-state index is 12.4. The van der Waals surface area contributed by atoms with Crippen molar-refractivity contribution in [2.45, 2.75) is 32.2 Å². The van der Waals surface area contributed by atoms with Crippen LogP contribution in [0.25, 0.3) is 0 Å². The summed E-state index contributed by atoms with van der Waals surface area (Å²) in [5.41, 5.74) is 0.789. The lowest BCUT2D eigenvalue weighted by atomic mass is 9.87. The van der Waals surface area contributed by atoms with Crippen LogP contribution in [0.15, 0.2) is 24.3 Å². The number of hydrogen-bond acceptors (Lipinski definition) is 2. The SMILES string of the molecule is C#CCC(NC(=O)C(c1ccc(Cl)cc1)C(C)C)C(=O)O. The molecule has 0 heterocycles. The number of carbonyl (C=O) groups excluding carboxylic acids is 1. The zero-order valence-electron chi connectivity index (χ0n) is 12.0. The average molecular weight is 308 g/mol. The fourth-order valence-electron chi connectivity index (χ4n) is 2.09. The first-order chi connectivity index (χ1) is 9.86. The number of benzene rings is 1. The Kier molecular flexibility index (Phi) is 6.26. The van der Waals surface area contributed by atoms with E-state index in [4.69, 9.17) is 23.1 Å². The van der Waals surface area contributed by atoms with E-state index >= 15 is 0 Å². The molecule has 0 bridgehead atoms. The highest BCUT2D eigenvalue weighted by atomic mass is 35.5. The standard InChI is InChI=1S/C16H18ClNO3/c1-4-5-13(16(20)21)18-15(19)14(10(2)3)11-6-8-12(17)9-7-11/h1,6-10,13-14H,5H2,2-3H3,(H,18,19)(H,20,21). The van der Waals surface area contributed by atoms with Gasteiger partial charge >= 0.3 is 5.97 Å². The molecule has 0 aliphatic heterocycles. The van der Waals surface area contributed by atoms with E-state index < -0.39 is 17.9 Å². The maximum Gasteiger partial charge on any atom is 0.327 e. The van der Waals surface area contributed by atoms with Crippen LogP contribution < -0.4 is 5.32 Å². The summed E-state index contributed by atoms with van der Waals surface area (Å²) in [6.45, 7) is 3.80. The molecule has 2 N–H and O–H groups in total. The predicted molar refractivity (Wildman–Crippen MR) is 82.0 cm³/mol. The Morgan fingerprint density at radius 3 is 2.33 bits per heavy atom. The van der Waals surface area contributed by atoms with Crippen molar-refractivity contribution in [3.8, 4) is 12.3 Å². The van der Waals surface area contributed by atoms with Gasteiger partial charge in [-0.1, -0.05) is 37.6 Å². The van der Waals surface area contributed by atoms with Crippen molar-refractivity contribution in [3.63, 3.8) is 0 Å². The van der Waals surface area contributed by atoms with Gasteiger partial charge in [-0.15, -0.1) is 12.3 Å². The van der Waals surface area contributed by atoms with Crippen LogP contribution in [0.1, 0.15) is 31.7 Å². The largest absolute Gasteiger partial charge is 0.480 e. The summed E-state index contributed by atoms with van der Waals surface area (Å²) in [7, 11) is 0. The van der Waals surface area contributed by atoms with Gasteiger partial charge in [0.25, 0.3) is 0 Å². The molecule has 0 saturated heterocycles. The summed E-state index contributed by atoms with van der Waals surface area (Å²) in [6.07, 6.45) is 5.08. The van der Waals surface area contributed by atoms with Gasteiger partial charge in [-0.2, -0.15) is 0 Å². The molecule has 1 amide bonds. The second kappa shape index (κ2) is 7.70. The van der Waals surface area contributed by atoms with Crippen LogP contribution in [-0.4, -0.2) is 23.0 Å². The first-order valence-corrected chi connectivity index (χ1v) is 6.96. The average Bonchev–Trinajstić information content (AvgIpc) is 2.40. The fourth-order valence-corrected chi connectivity index (χ4v) is 2.21. The first-order valence-electron chi connectivity index (χ1n) is 6.59. The van der Waals surface area contributed by atoms with Gasteiger partial charge in [0, 0.05) is 11.4 Å². The van der Waals surface area contributed by atoms with E-state index in [1.165, 1.54) is 0 Å². The zero-order chi connectivity index (χ0) is 16.0. The molecular weight excluding hydrogens is 290 g/mol. The smallest absolute Gasteiger partial charge is 0.327 e. The number of carboxylic acid groups (broad SMARTS) is 1. The molecule has 2 atom stereocenters. The molecule has 1 aromatic rings. The third kappa shape index (κ3) is 4.80. The maximum absolute atomic E-state index is 12.4. The predicted octanol–water partition coefficient (Wildman–Crippen LogP) is 2.67. The van der Waals surface area contributed by atoms with Crippen LogP contribution >= 0.6 is 11.6 Å². The summed E-state index contributed by atoms with van der Waals surface area (Å²) in [5.74, 6) is 0.315. The molecule has 0 aliphatic carbocycles. The van der Waals surface area contributed by atoms with Crippen LogP contribution in [0.2, 0.25) is 5.02 Å². The Balaban J connectivity index is 2.95. The van der Waals surface area contributed by atoms with Crippen molar-refractivity contribution >= 4 is 23.5 Å². The summed E-state index contributed by atoms with van der Waals surface area (Å²) < 4.78 is 0. The number of terminal acetylenes is 1. The Labute approximate surface area is 129 Å². The van der Waals surface area contributed by atoms with Gasteiger partial charge in [0.05, 0.1) is 5.92 Å². The lowest BCUT2D eigenvalue weighted by Crippen LogP contribution is -2.43. The highest BCUT2D eigenvalue weighted by molar-refractivity contribution is 6.30. The van der Waals surface area contributed by atoms with Gasteiger partial charge in [0.15, 0.2) is 0 Å². The van der Waals surface area contributed by atoms with Crippen molar-refractivity contribution in [1.82, 2.24) is 5.32 Å². The number of nitrogens with one attached hydrogen (secondary N) is 1. The number of aliphatic carboxylic acids is 1. The second-order valence-electron chi connectivity index (χ2n) is 5.08. The number of amides is 1. The second-order valence-corrected chi connectivity index (χ2v) is 5.52.